The molecule has 0 amide bonds. The highest BCUT2D eigenvalue weighted by atomic mass is 16.6. The van der Waals surface area contributed by atoms with Gasteiger partial charge in [0, 0.05) is 0 Å². The van der Waals surface area contributed by atoms with Gasteiger partial charge in [0.15, 0.2) is 5.72 Å². The lowest BCUT2D eigenvalue weighted by Crippen LogP contribution is -2.46. The molecule has 6 nitrogen and oxygen atoms in total. The summed E-state index contributed by atoms with van der Waals surface area (Å²) in [5, 5.41) is 18.3. The first kappa shape index (κ1) is 9.32. The summed E-state index contributed by atoms with van der Waals surface area (Å²) < 4.78 is 15.2. The lowest BCUT2D eigenvalue weighted by Gasteiger charge is -2.24. The summed E-state index contributed by atoms with van der Waals surface area (Å²) in [5.74, 6) is 0. The largest absolute Gasteiger partial charge is 0.371 e. The van der Waals surface area contributed by atoms with E-state index in [0.29, 0.717) is 6.73 Å². The van der Waals surface area contributed by atoms with E-state index in [9.17, 15) is 5.11 Å². The Labute approximate surface area is 75.6 Å². The smallest absolute Gasteiger partial charge is 0.169 e. The van der Waals surface area contributed by atoms with Crippen molar-refractivity contribution in [2.24, 2.45) is 0 Å². The molecule has 2 fully saturated rings. The molecule has 2 aliphatic rings. The predicted octanol–water partition coefficient (Wildman–Crippen LogP) is -1.71. The Morgan fingerprint density at radius 3 is 3.15 bits per heavy atom. The van der Waals surface area contributed by atoms with E-state index >= 15 is 0 Å². The molecule has 0 saturated carbocycles. The van der Waals surface area contributed by atoms with Gasteiger partial charge >= 0.3 is 0 Å². The molecule has 2 rings (SSSR count). The van der Waals surface area contributed by atoms with E-state index in [1.807, 2.05) is 0 Å². The molecule has 6 heteroatoms. The van der Waals surface area contributed by atoms with Crippen molar-refractivity contribution >= 4 is 0 Å². The molecule has 0 aliphatic carbocycles. The highest BCUT2D eigenvalue weighted by Crippen LogP contribution is 2.29. The summed E-state index contributed by atoms with van der Waals surface area (Å²) in [5.41, 5.74) is -0.997. The van der Waals surface area contributed by atoms with Crippen molar-refractivity contribution in [1.82, 2.24) is 4.90 Å². The van der Waals surface area contributed by atoms with Crippen molar-refractivity contribution in [2.45, 2.75) is 12.0 Å². The average Bonchev–Trinajstić information content (AvgIpc) is 2.59. The maximum atomic E-state index is 9.86. The molecular weight excluding hydrogens is 178 g/mol. The zero-order chi connectivity index (χ0) is 9.31. The van der Waals surface area contributed by atoms with Gasteiger partial charge in [0.05, 0.1) is 19.8 Å². The van der Waals surface area contributed by atoms with Gasteiger partial charge in [0.25, 0.3) is 0 Å². The Balaban J connectivity index is 1.93. The highest BCUT2D eigenvalue weighted by Gasteiger charge is 2.50. The van der Waals surface area contributed by atoms with Gasteiger partial charge in [-0.3, -0.25) is 0 Å². The van der Waals surface area contributed by atoms with Crippen molar-refractivity contribution in [1.29, 1.82) is 0 Å². The lowest BCUT2D eigenvalue weighted by molar-refractivity contribution is -0.100. The molecule has 0 aromatic carbocycles. The number of nitrogens with zero attached hydrogens (tertiary/aromatic N) is 1. The Morgan fingerprint density at radius 2 is 2.38 bits per heavy atom. The molecule has 0 spiro atoms. The summed E-state index contributed by atoms with van der Waals surface area (Å²) >= 11 is 0. The van der Waals surface area contributed by atoms with Crippen molar-refractivity contribution in [3.8, 4) is 0 Å². The monoisotopic (exact) mass is 191 g/mol. The second-order valence-electron chi connectivity index (χ2n) is 3.20. The van der Waals surface area contributed by atoms with Crippen LogP contribution in [0.2, 0.25) is 0 Å². The fourth-order valence-electron chi connectivity index (χ4n) is 1.60. The molecular formula is C7H13NO5. The van der Waals surface area contributed by atoms with Crippen LogP contribution in [0.1, 0.15) is 0 Å². The van der Waals surface area contributed by atoms with E-state index in [4.69, 9.17) is 19.3 Å². The minimum Gasteiger partial charge on any atom is -0.371 e. The molecule has 2 aliphatic heterocycles. The molecule has 2 unspecified atom stereocenters. The molecule has 0 bridgehead atoms. The van der Waals surface area contributed by atoms with E-state index in [0.717, 1.165) is 0 Å². The summed E-state index contributed by atoms with van der Waals surface area (Å²) in [4.78, 5) is 1.68. The van der Waals surface area contributed by atoms with E-state index in [1.165, 1.54) is 0 Å². The minimum absolute atomic E-state index is 0.229. The third-order valence-electron chi connectivity index (χ3n) is 2.30. The van der Waals surface area contributed by atoms with Crippen LogP contribution in [0.5, 0.6) is 0 Å². The fourth-order valence-corrected chi connectivity index (χ4v) is 1.60. The summed E-state index contributed by atoms with van der Waals surface area (Å²) in [6, 6.07) is 0. The standard InChI is InChI=1S/C7H13NO5/c9-5-11-1-6-8-4-12-2-7(8,10)3-13-6/h6,9-10H,1-5H2. The average molecular weight is 191 g/mol. The van der Waals surface area contributed by atoms with Crippen LogP contribution < -0.4 is 0 Å². The van der Waals surface area contributed by atoms with Crippen LogP contribution in [0.25, 0.3) is 0 Å². The van der Waals surface area contributed by atoms with Crippen molar-refractivity contribution < 1.29 is 24.4 Å². The zero-order valence-electron chi connectivity index (χ0n) is 7.18. The number of hydrogen-bond acceptors (Lipinski definition) is 6. The van der Waals surface area contributed by atoms with Gasteiger partial charge in [-0.05, 0) is 0 Å². The van der Waals surface area contributed by atoms with E-state index in [1.54, 1.807) is 4.90 Å². The fraction of sp³-hybridized carbons (Fsp3) is 1.00. The molecule has 76 valence electrons. The van der Waals surface area contributed by atoms with Gasteiger partial charge in [-0.1, -0.05) is 0 Å². The Hall–Kier alpha value is -0.240. The predicted molar refractivity (Wildman–Crippen MR) is 40.4 cm³/mol. The van der Waals surface area contributed by atoms with Crippen LogP contribution in [0.3, 0.4) is 0 Å². The SMILES string of the molecule is OCOCC1OCC2(O)COCN12. The van der Waals surface area contributed by atoms with Crippen LogP contribution in [0.4, 0.5) is 0 Å². The first-order valence-corrected chi connectivity index (χ1v) is 4.13. The Bertz CT molecular complexity index is 190. The van der Waals surface area contributed by atoms with Gasteiger partial charge in [-0.15, -0.1) is 0 Å². The molecule has 2 N–H and O–H groups in total. The van der Waals surface area contributed by atoms with E-state index < -0.39 is 5.72 Å². The van der Waals surface area contributed by atoms with Crippen LogP contribution in [-0.4, -0.2) is 60.4 Å². The van der Waals surface area contributed by atoms with Gasteiger partial charge in [0.2, 0.25) is 0 Å². The van der Waals surface area contributed by atoms with Gasteiger partial charge in [-0.2, -0.15) is 0 Å². The molecule has 0 aromatic heterocycles. The summed E-state index contributed by atoms with van der Waals surface area (Å²) in [6.45, 7) is 0.736. The highest BCUT2D eigenvalue weighted by molar-refractivity contribution is 4.89. The van der Waals surface area contributed by atoms with Crippen LogP contribution in [0.15, 0.2) is 0 Å². The van der Waals surface area contributed by atoms with E-state index in [-0.39, 0.29) is 32.8 Å². The number of fused-ring (bicyclic) bond motifs is 1. The van der Waals surface area contributed by atoms with Crippen molar-refractivity contribution in [2.75, 3.05) is 33.3 Å². The number of aliphatic hydroxyl groups is 2. The summed E-state index contributed by atoms with van der Waals surface area (Å²) in [7, 11) is 0. The second kappa shape index (κ2) is 3.49. The number of ether oxygens (including phenoxy) is 3. The normalized spacial score (nSPS) is 39.7. The van der Waals surface area contributed by atoms with Crippen LogP contribution in [0, 0.1) is 0 Å². The van der Waals surface area contributed by atoms with E-state index in [2.05, 4.69) is 0 Å². The zero-order valence-corrected chi connectivity index (χ0v) is 7.18. The van der Waals surface area contributed by atoms with Crippen LogP contribution in [-0.2, 0) is 14.2 Å². The van der Waals surface area contributed by atoms with Gasteiger partial charge in [-0.25, -0.2) is 4.90 Å². The van der Waals surface area contributed by atoms with Crippen molar-refractivity contribution in [3.05, 3.63) is 0 Å². The van der Waals surface area contributed by atoms with Crippen molar-refractivity contribution in [3.63, 3.8) is 0 Å². The topological polar surface area (TPSA) is 71.4 Å². The minimum atomic E-state index is -0.997. The summed E-state index contributed by atoms with van der Waals surface area (Å²) in [6.07, 6.45) is -0.320. The number of hydrogen-bond donors (Lipinski definition) is 2. The third-order valence-corrected chi connectivity index (χ3v) is 2.30. The molecule has 13 heavy (non-hydrogen) atoms. The molecule has 0 aromatic rings. The third kappa shape index (κ3) is 1.56. The molecule has 0 radical (unpaired) electrons. The Kier molecular flexibility index (Phi) is 2.50. The maximum absolute atomic E-state index is 9.86. The Morgan fingerprint density at radius 1 is 1.54 bits per heavy atom. The number of aliphatic hydroxyl groups excluding tert-OH is 1. The first-order valence-electron chi connectivity index (χ1n) is 4.13. The van der Waals surface area contributed by atoms with Gasteiger partial charge < -0.3 is 24.4 Å². The number of rotatable bonds is 3. The molecule has 2 heterocycles. The van der Waals surface area contributed by atoms with Crippen LogP contribution >= 0.6 is 0 Å². The molecule has 2 atom stereocenters. The quantitative estimate of drug-likeness (QED) is 0.517. The maximum Gasteiger partial charge on any atom is 0.169 e. The lowest BCUT2D eigenvalue weighted by atomic mass is 10.2. The van der Waals surface area contributed by atoms with Gasteiger partial charge in [0.1, 0.15) is 19.8 Å². The first-order chi connectivity index (χ1) is 6.26. The molecule has 2 saturated heterocycles. The second-order valence-corrected chi connectivity index (χ2v) is 3.20.